The van der Waals surface area contributed by atoms with Crippen LogP contribution in [0.5, 0.6) is 0 Å². The van der Waals surface area contributed by atoms with Gasteiger partial charge in [0.05, 0.1) is 6.20 Å². The summed E-state index contributed by atoms with van der Waals surface area (Å²) in [5.74, 6) is 1.00. The molecule has 0 radical (unpaired) electrons. The number of amides is 1. The van der Waals surface area contributed by atoms with E-state index in [4.69, 9.17) is 28.3 Å². The van der Waals surface area contributed by atoms with Gasteiger partial charge in [0.25, 0.3) is 0 Å². The van der Waals surface area contributed by atoms with Crippen molar-refractivity contribution >= 4 is 40.8 Å². The zero-order chi connectivity index (χ0) is 19.7. The number of nitrogens with zero attached hydrogens (tertiary/aromatic N) is 3. The third-order valence-electron chi connectivity index (χ3n) is 4.81. The van der Waals surface area contributed by atoms with Crippen molar-refractivity contribution in [2.24, 2.45) is 0 Å². The molecule has 1 aliphatic heterocycles. The summed E-state index contributed by atoms with van der Waals surface area (Å²) >= 11 is 12.5. The van der Waals surface area contributed by atoms with Gasteiger partial charge in [0, 0.05) is 60.1 Å². The Labute approximate surface area is 171 Å². The number of fused-ring (bicyclic) bond motifs is 1. The fourth-order valence-corrected chi connectivity index (χ4v) is 3.96. The first-order chi connectivity index (χ1) is 13.5. The second-order valence-electron chi connectivity index (χ2n) is 6.58. The van der Waals surface area contributed by atoms with Crippen LogP contribution in [0.1, 0.15) is 5.56 Å². The van der Waals surface area contributed by atoms with E-state index in [1.807, 2.05) is 28.9 Å². The van der Waals surface area contributed by atoms with E-state index in [0.29, 0.717) is 10.0 Å². The van der Waals surface area contributed by atoms with Crippen LogP contribution in [0, 0.1) is 0 Å². The summed E-state index contributed by atoms with van der Waals surface area (Å²) < 4.78 is 2.02. The Morgan fingerprint density at radius 2 is 2.00 bits per heavy atom. The highest BCUT2D eigenvalue weighted by Gasteiger charge is 2.18. The molecule has 1 aliphatic rings. The molecule has 146 valence electrons. The molecule has 1 fully saturated rings. The molecule has 3 N–H and O–H groups in total. The van der Waals surface area contributed by atoms with E-state index < -0.39 is 6.09 Å². The van der Waals surface area contributed by atoms with Gasteiger partial charge in [-0.1, -0.05) is 29.3 Å². The maximum atomic E-state index is 11.0. The summed E-state index contributed by atoms with van der Waals surface area (Å²) in [6.07, 6.45) is 2.73. The topological polar surface area (TPSA) is 81.9 Å². The quantitative estimate of drug-likeness (QED) is 0.602. The summed E-state index contributed by atoms with van der Waals surface area (Å²) in [4.78, 5) is 17.8. The van der Waals surface area contributed by atoms with Crippen LogP contribution >= 0.6 is 23.2 Å². The van der Waals surface area contributed by atoms with E-state index in [-0.39, 0.29) is 6.54 Å². The van der Waals surface area contributed by atoms with E-state index in [0.717, 1.165) is 54.3 Å². The molecule has 0 atom stereocenters. The van der Waals surface area contributed by atoms with E-state index in [1.165, 1.54) is 0 Å². The monoisotopic (exact) mass is 419 g/mol. The van der Waals surface area contributed by atoms with Gasteiger partial charge in [0.15, 0.2) is 0 Å². The van der Waals surface area contributed by atoms with Crippen LogP contribution in [-0.4, -0.2) is 46.8 Å². The van der Waals surface area contributed by atoms with Crippen LogP contribution in [0.25, 0.3) is 16.8 Å². The predicted octanol–water partition coefficient (Wildman–Crippen LogP) is 3.49. The number of pyridine rings is 1. The van der Waals surface area contributed by atoms with Gasteiger partial charge in [-0.2, -0.15) is 0 Å². The highest BCUT2D eigenvalue weighted by Crippen LogP contribution is 2.34. The number of imidazole rings is 1. The number of hydrogen-bond acceptors (Lipinski definition) is 4. The highest BCUT2D eigenvalue weighted by molar-refractivity contribution is 6.36. The van der Waals surface area contributed by atoms with Gasteiger partial charge in [0.1, 0.15) is 11.5 Å². The molecule has 0 bridgehead atoms. The maximum absolute atomic E-state index is 11.0. The van der Waals surface area contributed by atoms with Gasteiger partial charge in [-0.05, 0) is 23.8 Å². The van der Waals surface area contributed by atoms with Crippen molar-refractivity contribution in [1.82, 2.24) is 20.0 Å². The third kappa shape index (κ3) is 3.73. The number of carboxylic acid groups (broad SMARTS) is 1. The molecule has 28 heavy (non-hydrogen) atoms. The normalized spacial score (nSPS) is 14.4. The zero-order valence-electron chi connectivity index (χ0n) is 15.0. The number of rotatable bonds is 4. The lowest BCUT2D eigenvalue weighted by Gasteiger charge is -2.28. The van der Waals surface area contributed by atoms with Gasteiger partial charge in [0.2, 0.25) is 0 Å². The van der Waals surface area contributed by atoms with Gasteiger partial charge < -0.3 is 20.6 Å². The molecule has 1 amide bonds. The van der Waals surface area contributed by atoms with Crippen molar-refractivity contribution in [1.29, 1.82) is 0 Å². The van der Waals surface area contributed by atoms with Gasteiger partial charge in [-0.25, -0.2) is 9.78 Å². The molecular formula is C19H19Cl2N5O2. The number of hydrogen-bond donors (Lipinski definition) is 3. The summed E-state index contributed by atoms with van der Waals surface area (Å²) in [6.45, 7) is 3.78. The summed E-state index contributed by atoms with van der Waals surface area (Å²) in [5.41, 5.74) is 3.16. The number of carbonyl (C=O) groups is 1. The van der Waals surface area contributed by atoms with Crippen LogP contribution in [-0.2, 0) is 6.54 Å². The van der Waals surface area contributed by atoms with E-state index in [2.05, 4.69) is 20.5 Å². The lowest BCUT2D eigenvalue weighted by molar-refractivity contribution is 0.194. The largest absolute Gasteiger partial charge is 0.465 e. The number of benzene rings is 1. The first kappa shape index (κ1) is 18.9. The molecular weight excluding hydrogens is 401 g/mol. The van der Waals surface area contributed by atoms with Crippen LogP contribution in [0.2, 0.25) is 10.0 Å². The first-order valence-electron chi connectivity index (χ1n) is 8.91. The van der Waals surface area contributed by atoms with Gasteiger partial charge in [-0.3, -0.25) is 4.40 Å². The van der Waals surface area contributed by atoms with Crippen molar-refractivity contribution in [3.05, 3.63) is 52.3 Å². The minimum absolute atomic E-state index is 0.149. The van der Waals surface area contributed by atoms with E-state index in [9.17, 15) is 4.79 Å². The predicted molar refractivity (Wildman–Crippen MR) is 111 cm³/mol. The average Bonchev–Trinajstić information content (AvgIpc) is 3.09. The molecule has 1 aromatic carbocycles. The van der Waals surface area contributed by atoms with Crippen molar-refractivity contribution in [3.63, 3.8) is 0 Å². The van der Waals surface area contributed by atoms with Crippen LogP contribution in [0.3, 0.4) is 0 Å². The Morgan fingerprint density at radius 3 is 2.71 bits per heavy atom. The minimum Gasteiger partial charge on any atom is -0.465 e. The second-order valence-corrected chi connectivity index (χ2v) is 7.42. The average molecular weight is 420 g/mol. The summed E-state index contributed by atoms with van der Waals surface area (Å²) in [5, 5.41) is 15.9. The molecule has 1 saturated heterocycles. The lowest BCUT2D eigenvalue weighted by atomic mass is 10.0. The van der Waals surface area contributed by atoms with Crippen LogP contribution in [0.4, 0.5) is 10.6 Å². The van der Waals surface area contributed by atoms with Gasteiger partial charge in [-0.15, -0.1) is 0 Å². The van der Waals surface area contributed by atoms with Crippen molar-refractivity contribution < 1.29 is 9.90 Å². The van der Waals surface area contributed by atoms with E-state index >= 15 is 0 Å². The summed E-state index contributed by atoms with van der Waals surface area (Å²) in [7, 11) is 0. The number of anilines is 1. The maximum Gasteiger partial charge on any atom is 0.404 e. The smallest absolute Gasteiger partial charge is 0.404 e. The lowest BCUT2D eigenvalue weighted by Crippen LogP contribution is -2.44. The van der Waals surface area contributed by atoms with Crippen LogP contribution < -0.4 is 15.5 Å². The minimum atomic E-state index is -1.09. The Morgan fingerprint density at radius 1 is 1.21 bits per heavy atom. The number of aromatic nitrogens is 2. The van der Waals surface area contributed by atoms with Gasteiger partial charge >= 0.3 is 6.09 Å². The molecule has 2 aromatic heterocycles. The number of nitrogens with one attached hydrogen (secondary N) is 2. The SMILES string of the molecule is O=C(O)NCc1cc2ncc(N3CCNCC3)n2cc1-c1ccc(Cl)cc1Cl. The Hall–Kier alpha value is -2.48. The summed E-state index contributed by atoms with van der Waals surface area (Å²) in [6, 6.07) is 7.19. The molecule has 0 unspecified atom stereocenters. The standard InChI is InChI=1S/C19H19Cl2N5O2/c20-13-1-2-14(16(21)8-13)15-11-26-17(7-12(15)9-24-19(27)28)23-10-18(26)25-5-3-22-4-6-25/h1-2,7-8,10-11,22,24H,3-6,9H2,(H,27,28). The van der Waals surface area contributed by atoms with Crippen molar-refractivity contribution in [2.45, 2.75) is 6.54 Å². The molecule has 9 heteroatoms. The Kier molecular flexibility index (Phi) is 5.30. The Bertz CT molecular complexity index is 1030. The van der Waals surface area contributed by atoms with Crippen LogP contribution in [0.15, 0.2) is 36.7 Å². The van der Waals surface area contributed by atoms with Crippen molar-refractivity contribution in [2.75, 3.05) is 31.1 Å². The Balaban J connectivity index is 1.85. The zero-order valence-corrected chi connectivity index (χ0v) is 16.5. The fourth-order valence-electron chi connectivity index (χ4n) is 3.45. The molecule has 3 heterocycles. The highest BCUT2D eigenvalue weighted by atomic mass is 35.5. The van der Waals surface area contributed by atoms with Crippen molar-refractivity contribution in [3.8, 4) is 11.1 Å². The third-order valence-corrected chi connectivity index (χ3v) is 5.35. The molecule has 7 nitrogen and oxygen atoms in total. The molecule has 3 aromatic rings. The molecule has 0 spiro atoms. The van der Waals surface area contributed by atoms with E-state index in [1.54, 1.807) is 12.1 Å². The first-order valence-corrected chi connectivity index (χ1v) is 9.66. The number of halogens is 2. The molecule has 4 rings (SSSR count). The second kappa shape index (κ2) is 7.87. The number of piperazine rings is 1. The molecule has 0 aliphatic carbocycles. The fraction of sp³-hybridized carbons (Fsp3) is 0.263. The molecule has 0 saturated carbocycles.